The van der Waals surface area contributed by atoms with Crippen molar-refractivity contribution in [2.75, 3.05) is 0 Å². The first-order valence-corrected chi connectivity index (χ1v) is 13.6. The zero-order valence-corrected chi connectivity index (χ0v) is 26.4. The molecule has 0 nitrogen and oxygen atoms in total. The van der Waals surface area contributed by atoms with Crippen molar-refractivity contribution >= 4 is 0 Å². The molecule has 0 bridgehead atoms. The second-order valence-corrected chi connectivity index (χ2v) is 16.6. The summed E-state index contributed by atoms with van der Waals surface area (Å²) in [6, 6.07) is 12.4. The maximum atomic E-state index is 2.53. The van der Waals surface area contributed by atoms with E-state index in [0.29, 0.717) is 0 Å². The fourth-order valence-corrected chi connectivity index (χ4v) is 5.33. The summed E-state index contributed by atoms with van der Waals surface area (Å²) < 4.78 is 0. The first-order chi connectivity index (χ1) is 15.3. The molecule has 35 heavy (non-hydrogen) atoms. The molecular formula is C35H56. The third kappa shape index (κ3) is 6.23. The van der Waals surface area contributed by atoms with Crippen LogP contribution in [0.25, 0.3) is 0 Å². The van der Waals surface area contributed by atoms with Gasteiger partial charge in [0.2, 0.25) is 0 Å². The van der Waals surface area contributed by atoms with Gasteiger partial charge in [-0.15, -0.1) is 0 Å². The number of rotatable bonds is 2. The van der Waals surface area contributed by atoms with Crippen LogP contribution in [0.1, 0.15) is 157 Å². The number of hydrogen-bond acceptors (Lipinski definition) is 0. The van der Waals surface area contributed by atoms with Crippen LogP contribution in [0.15, 0.2) is 30.3 Å². The molecule has 0 atom stereocenters. The maximum Gasteiger partial charge on any atom is 0.0149 e. The highest BCUT2D eigenvalue weighted by molar-refractivity contribution is 5.55. The van der Waals surface area contributed by atoms with Crippen molar-refractivity contribution in [2.24, 2.45) is 0 Å². The quantitative estimate of drug-likeness (QED) is 0.404. The lowest BCUT2D eigenvalue weighted by molar-refractivity contribution is 0.497. The first kappa shape index (κ1) is 29.7. The van der Waals surface area contributed by atoms with Gasteiger partial charge in [0.1, 0.15) is 0 Å². The smallest absolute Gasteiger partial charge is 0.0149 e. The molecule has 0 spiro atoms. The highest BCUT2D eigenvalue weighted by atomic mass is 14.4. The van der Waals surface area contributed by atoms with Gasteiger partial charge in [0, 0.05) is 5.41 Å². The van der Waals surface area contributed by atoms with Crippen LogP contribution in [0.5, 0.6) is 0 Å². The minimum absolute atomic E-state index is 0.0455. The Morgan fingerprint density at radius 3 is 1.11 bits per heavy atom. The van der Waals surface area contributed by atoms with Gasteiger partial charge in [-0.05, 0) is 66.0 Å². The van der Waals surface area contributed by atoms with Crippen molar-refractivity contribution in [3.8, 4) is 0 Å². The van der Waals surface area contributed by atoms with Crippen LogP contribution >= 0.6 is 0 Å². The fourth-order valence-electron chi connectivity index (χ4n) is 5.33. The van der Waals surface area contributed by atoms with Gasteiger partial charge in [-0.1, -0.05) is 148 Å². The van der Waals surface area contributed by atoms with Crippen LogP contribution in [-0.2, 0) is 32.5 Å². The summed E-state index contributed by atoms with van der Waals surface area (Å²) in [5.41, 5.74) is 10.5. The van der Waals surface area contributed by atoms with Crippen molar-refractivity contribution in [1.82, 2.24) is 0 Å². The van der Waals surface area contributed by atoms with Crippen LogP contribution in [0, 0.1) is 0 Å². The van der Waals surface area contributed by atoms with Crippen molar-refractivity contribution < 1.29 is 0 Å². The molecule has 196 valence electrons. The highest BCUT2D eigenvalue weighted by Crippen LogP contribution is 2.46. The van der Waals surface area contributed by atoms with Gasteiger partial charge in [0.15, 0.2) is 0 Å². The third-order valence-electron chi connectivity index (χ3n) is 7.59. The molecule has 0 saturated heterocycles. The minimum Gasteiger partial charge on any atom is -0.0579 e. The van der Waals surface area contributed by atoms with E-state index in [0.717, 1.165) is 0 Å². The molecule has 0 fully saturated rings. The fraction of sp³-hybridized carbons (Fsp3) is 0.657. The molecule has 0 heterocycles. The molecule has 0 amide bonds. The largest absolute Gasteiger partial charge is 0.0579 e. The Hall–Kier alpha value is -1.56. The van der Waals surface area contributed by atoms with Crippen LogP contribution in [0.3, 0.4) is 0 Å². The van der Waals surface area contributed by atoms with E-state index < -0.39 is 0 Å². The Balaban J connectivity index is 3.04. The summed E-state index contributed by atoms with van der Waals surface area (Å²) in [6.45, 7) is 40.3. The van der Waals surface area contributed by atoms with Gasteiger partial charge in [0.25, 0.3) is 0 Å². The zero-order valence-electron chi connectivity index (χ0n) is 26.4. The maximum absolute atomic E-state index is 2.53. The molecule has 0 radical (unpaired) electrons. The molecule has 0 aliphatic heterocycles. The lowest BCUT2D eigenvalue weighted by atomic mass is 9.64. The van der Waals surface area contributed by atoms with Crippen LogP contribution < -0.4 is 0 Å². The predicted octanol–water partition coefficient (Wildman–Crippen LogP) is 10.5. The van der Waals surface area contributed by atoms with E-state index in [9.17, 15) is 0 Å². The van der Waals surface area contributed by atoms with E-state index >= 15 is 0 Å². The number of benzene rings is 2. The molecule has 0 N–H and O–H groups in total. The van der Waals surface area contributed by atoms with E-state index in [2.05, 4.69) is 148 Å². The monoisotopic (exact) mass is 476 g/mol. The van der Waals surface area contributed by atoms with Gasteiger partial charge in [-0.3, -0.25) is 0 Å². The molecule has 0 heteroatoms. The Morgan fingerprint density at radius 2 is 0.743 bits per heavy atom. The van der Waals surface area contributed by atoms with Crippen molar-refractivity contribution in [3.63, 3.8) is 0 Å². The summed E-state index contributed by atoms with van der Waals surface area (Å²) in [7, 11) is 0. The normalized spacial score (nSPS) is 14.4. The Labute approximate surface area is 219 Å². The molecular weight excluding hydrogens is 420 g/mol. The molecule has 2 rings (SSSR count). The van der Waals surface area contributed by atoms with Crippen molar-refractivity contribution in [1.29, 1.82) is 0 Å². The molecule has 2 aromatic carbocycles. The average molecular weight is 477 g/mol. The van der Waals surface area contributed by atoms with Crippen molar-refractivity contribution in [3.05, 3.63) is 69.3 Å². The summed E-state index contributed by atoms with van der Waals surface area (Å²) in [6.07, 6.45) is 0. The molecule has 0 aliphatic rings. The average Bonchev–Trinajstić information content (AvgIpc) is 2.62. The van der Waals surface area contributed by atoms with E-state index in [-0.39, 0.29) is 32.5 Å². The topological polar surface area (TPSA) is 0 Å². The Bertz CT molecular complexity index is 1060. The van der Waals surface area contributed by atoms with Gasteiger partial charge in [-0.2, -0.15) is 0 Å². The standard InChI is InChI=1S/C35H56/c1-30(2,3)24-21-27(33(10,11)12)29(34(13,14)15)28(22-24)35(16,17)23-18-19-25(31(4,5)6)26(20-23)32(7,8)9/h18-22H,1-17H3. The summed E-state index contributed by atoms with van der Waals surface area (Å²) in [5.74, 6) is 0. The van der Waals surface area contributed by atoms with Crippen LogP contribution in [0.2, 0.25) is 0 Å². The molecule has 0 aliphatic carbocycles. The van der Waals surface area contributed by atoms with Gasteiger partial charge < -0.3 is 0 Å². The Kier molecular flexibility index (Phi) is 7.44. The van der Waals surface area contributed by atoms with E-state index in [1.807, 2.05) is 0 Å². The molecule has 2 aromatic rings. The number of hydrogen-bond donors (Lipinski definition) is 0. The first-order valence-electron chi connectivity index (χ1n) is 13.6. The SMILES string of the molecule is CC(C)(C)c1cc(C(C)(C)C)c(C(C)(C)C)c(C(C)(C)c2ccc(C(C)(C)C)c(C(C)(C)C)c2)c1. The molecule has 0 aromatic heterocycles. The van der Waals surface area contributed by atoms with Gasteiger partial charge >= 0.3 is 0 Å². The van der Waals surface area contributed by atoms with Crippen molar-refractivity contribution in [2.45, 2.75) is 150 Å². The lowest BCUT2D eigenvalue weighted by Gasteiger charge is -2.40. The minimum atomic E-state index is -0.125. The summed E-state index contributed by atoms with van der Waals surface area (Å²) in [5, 5.41) is 0. The second-order valence-electron chi connectivity index (χ2n) is 16.6. The van der Waals surface area contributed by atoms with Gasteiger partial charge in [0.05, 0.1) is 0 Å². The summed E-state index contributed by atoms with van der Waals surface area (Å²) >= 11 is 0. The predicted molar refractivity (Wildman–Crippen MR) is 159 cm³/mol. The van der Waals surface area contributed by atoms with Crippen LogP contribution in [0.4, 0.5) is 0 Å². The third-order valence-corrected chi connectivity index (χ3v) is 7.59. The molecule has 0 unspecified atom stereocenters. The van der Waals surface area contributed by atoms with Crippen LogP contribution in [-0.4, -0.2) is 0 Å². The Morgan fingerprint density at radius 1 is 0.343 bits per heavy atom. The second kappa shape index (κ2) is 8.78. The molecule has 0 saturated carbocycles. The van der Waals surface area contributed by atoms with E-state index in [4.69, 9.17) is 0 Å². The van der Waals surface area contributed by atoms with E-state index in [1.165, 1.54) is 38.9 Å². The summed E-state index contributed by atoms with van der Waals surface area (Å²) in [4.78, 5) is 0. The highest BCUT2D eigenvalue weighted by Gasteiger charge is 2.37. The zero-order chi connectivity index (χ0) is 27.6. The van der Waals surface area contributed by atoms with E-state index in [1.54, 1.807) is 0 Å². The lowest BCUT2D eigenvalue weighted by Crippen LogP contribution is -2.32. The van der Waals surface area contributed by atoms with Gasteiger partial charge in [-0.25, -0.2) is 0 Å².